The third kappa shape index (κ3) is 2.42. The van der Waals surface area contributed by atoms with E-state index in [1.165, 1.54) is 23.3 Å². The lowest BCUT2D eigenvalue weighted by Crippen LogP contribution is -2.40. The van der Waals surface area contributed by atoms with Crippen molar-refractivity contribution in [1.29, 1.82) is 0 Å². The number of benzene rings is 1. The lowest BCUT2D eigenvalue weighted by molar-refractivity contribution is 0.139. The van der Waals surface area contributed by atoms with Crippen LogP contribution in [0.1, 0.15) is 31.4 Å². The van der Waals surface area contributed by atoms with E-state index in [1.54, 1.807) is 0 Å². The molecule has 0 aliphatic carbocycles. The summed E-state index contributed by atoms with van der Waals surface area (Å²) in [6.45, 7) is 7.45. The van der Waals surface area contributed by atoms with Crippen molar-refractivity contribution in [3.63, 3.8) is 0 Å². The van der Waals surface area contributed by atoms with Gasteiger partial charge in [0.1, 0.15) is 0 Å². The van der Waals surface area contributed by atoms with E-state index in [-0.39, 0.29) is 0 Å². The summed E-state index contributed by atoms with van der Waals surface area (Å²) < 4.78 is 0. The normalized spacial score (nSPS) is 19.3. The maximum Gasteiger partial charge on any atom is 0.0559 e. The van der Waals surface area contributed by atoms with Gasteiger partial charge in [-0.2, -0.15) is 0 Å². The zero-order valence-electron chi connectivity index (χ0n) is 11.3. The summed E-state index contributed by atoms with van der Waals surface area (Å²) in [4.78, 5) is 2.44. The molecule has 2 nitrogen and oxygen atoms in total. The van der Waals surface area contributed by atoms with Crippen molar-refractivity contribution >= 4 is 0 Å². The van der Waals surface area contributed by atoms with Gasteiger partial charge < -0.3 is 10.2 Å². The molecule has 18 heavy (non-hydrogen) atoms. The molecule has 1 aliphatic heterocycles. The highest BCUT2D eigenvalue weighted by atomic mass is 15.2. The molecular weight excluding hydrogens is 220 g/mol. The molecule has 1 fully saturated rings. The minimum atomic E-state index is 0.508. The van der Waals surface area contributed by atoms with Crippen LogP contribution in [0.15, 0.2) is 54.4 Å². The number of allylic oxidation sites excluding steroid dienone is 1. The molecule has 1 aromatic rings. The lowest BCUT2D eigenvalue weighted by atomic mass is 9.92. The number of hydrogen-bond acceptors (Lipinski definition) is 2. The maximum absolute atomic E-state index is 4.17. The van der Waals surface area contributed by atoms with Gasteiger partial charge in [-0.3, -0.25) is 0 Å². The SMILES string of the molecule is C=C(CC)/C(=C/NC)N1CCC1c1ccccc1. The van der Waals surface area contributed by atoms with Gasteiger partial charge in [0.2, 0.25) is 0 Å². The molecule has 1 atom stereocenters. The van der Waals surface area contributed by atoms with Crippen molar-refractivity contribution in [3.05, 3.63) is 59.9 Å². The molecule has 1 aromatic carbocycles. The first-order valence-corrected chi connectivity index (χ1v) is 6.65. The molecule has 0 amide bonds. The molecule has 0 spiro atoms. The second-order valence-corrected chi connectivity index (χ2v) is 4.68. The van der Waals surface area contributed by atoms with Crippen molar-refractivity contribution in [3.8, 4) is 0 Å². The molecule has 1 N–H and O–H groups in total. The van der Waals surface area contributed by atoms with Gasteiger partial charge in [0.15, 0.2) is 0 Å². The molecule has 96 valence electrons. The van der Waals surface area contributed by atoms with E-state index in [9.17, 15) is 0 Å². The molecular formula is C16H22N2. The van der Waals surface area contributed by atoms with Crippen LogP contribution in [-0.2, 0) is 0 Å². The van der Waals surface area contributed by atoms with Gasteiger partial charge >= 0.3 is 0 Å². The monoisotopic (exact) mass is 242 g/mol. The molecule has 2 heteroatoms. The Morgan fingerprint density at radius 1 is 1.44 bits per heavy atom. The zero-order chi connectivity index (χ0) is 13.0. The van der Waals surface area contributed by atoms with Gasteiger partial charge in [-0.1, -0.05) is 43.8 Å². The van der Waals surface area contributed by atoms with Crippen LogP contribution in [0.3, 0.4) is 0 Å². The zero-order valence-corrected chi connectivity index (χ0v) is 11.3. The summed E-state index contributed by atoms with van der Waals surface area (Å²) in [5, 5.41) is 3.14. The third-order valence-electron chi connectivity index (χ3n) is 3.58. The largest absolute Gasteiger partial charge is 0.392 e. The summed E-state index contributed by atoms with van der Waals surface area (Å²) in [7, 11) is 1.94. The standard InChI is InChI=1S/C16H22N2/c1-4-13(2)16(12-17-3)18-11-10-15(18)14-8-6-5-7-9-14/h5-9,12,15,17H,2,4,10-11H2,1,3H3/b16-12-. The quantitative estimate of drug-likeness (QED) is 0.795. The van der Waals surface area contributed by atoms with Crippen molar-refractivity contribution in [2.45, 2.75) is 25.8 Å². The summed E-state index contributed by atoms with van der Waals surface area (Å²) in [5.41, 5.74) is 3.85. The first-order valence-electron chi connectivity index (χ1n) is 6.65. The van der Waals surface area contributed by atoms with E-state index < -0.39 is 0 Å². The number of rotatable bonds is 5. The number of nitrogens with zero attached hydrogens (tertiary/aromatic N) is 1. The molecule has 1 unspecified atom stereocenters. The summed E-state index contributed by atoms with van der Waals surface area (Å²) in [6.07, 6.45) is 4.29. The van der Waals surface area contributed by atoms with Crippen LogP contribution in [0, 0.1) is 0 Å². The van der Waals surface area contributed by atoms with Crippen LogP contribution in [0.4, 0.5) is 0 Å². The number of hydrogen-bond donors (Lipinski definition) is 1. The maximum atomic E-state index is 4.17. The topological polar surface area (TPSA) is 15.3 Å². The van der Waals surface area contributed by atoms with E-state index in [1.807, 2.05) is 7.05 Å². The van der Waals surface area contributed by atoms with Crippen molar-refractivity contribution in [1.82, 2.24) is 10.2 Å². The molecule has 0 bridgehead atoms. The first kappa shape index (κ1) is 12.7. The highest BCUT2D eigenvalue weighted by molar-refractivity contribution is 5.32. The average molecular weight is 242 g/mol. The van der Waals surface area contributed by atoms with Crippen LogP contribution >= 0.6 is 0 Å². The van der Waals surface area contributed by atoms with Crippen LogP contribution in [-0.4, -0.2) is 18.5 Å². The van der Waals surface area contributed by atoms with Gasteiger partial charge in [-0.25, -0.2) is 0 Å². The second kappa shape index (κ2) is 5.76. The Hall–Kier alpha value is -1.70. The Morgan fingerprint density at radius 3 is 2.67 bits per heavy atom. The second-order valence-electron chi connectivity index (χ2n) is 4.68. The van der Waals surface area contributed by atoms with Crippen molar-refractivity contribution < 1.29 is 0 Å². The van der Waals surface area contributed by atoms with Gasteiger partial charge in [0, 0.05) is 19.8 Å². The van der Waals surface area contributed by atoms with E-state index >= 15 is 0 Å². The van der Waals surface area contributed by atoms with E-state index in [2.05, 4.69) is 60.3 Å². The van der Waals surface area contributed by atoms with Crippen LogP contribution in [0.2, 0.25) is 0 Å². The molecule has 1 saturated heterocycles. The predicted octanol–water partition coefficient (Wildman–Crippen LogP) is 3.46. The number of nitrogens with one attached hydrogen (secondary N) is 1. The Balaban J connectivity index is 2.18. The van der Waals surface area contributed by atoms with Gasteiger partial charge in [0.25, 0.3) is 0 Å². The minimum absolute atomic E-state index is 0.508. The fourth-order valence-electron chi connectivity index (χ4n) is 2.40. The van der Waals surface area contributed by atoms with Crippen LogP contribution in [0.25, 0.3) is 0 Å². The molecule has 0 aromatic heterocycles. The molecule has 0 saturated carbocycles. The van der Waals surface area contributed by atoms with E-state index in [0.29, 0.717) is 6.04 Å². The Morgan fingerprint density at radius 2 is 2.17 bits per heavy atom. The minimum Gasteiger partial charge on any atom is -0.392 e. The highest BCUT2D eigenvalue weighted by Gasteiger charge is 2.31. The highest BCUT2D eigenvalue weighted by Crippen LogP contribution is 2.38. The molecule has 1 aliphatic rings. The number of likely N-dealkylation sites (tertiary alicyclic amines) is 1. The Bertz CT molecular complexity index is 434. The van der Waals surface area contributed by atoms with Crippen LogP contribution in [0.5, 0.6) is 0 Å². The molecule has 1 heterocycles. The lowest BCUT2D eigenvalue weighted by Gasteiger charge is -2.45. The van der Waals surface area contributed by atoms with Gasteiger partial charge in [-0.15, -0.1) is 0 Å². The molecule has 0 radical (unpaired) electrons. The van der Waals surface area contributed by atoms with Crippen LogP contribution < -0.4 is 5.32 Å². The summed E-state index contributed by atoms with van der Waals surface area (Å²) in [6, 6.07) is 11.2. The average Bonchev–Trinajstić information content (AvgIpc) is 2.37. The third-order valence-corrected chi connectivity index (χ3v) is 3.58. The summed E-state index contributed by atoms with van der Waals surface area (Å²) >= 11 is 0. The van der Waals surface area contributed by atoms with Crippen molar-refractivity contribution in [2.75, 3.05) is 13.6 Å². The van der Waals surface area contributed by atoms with E-state index in [4.69, 9.17) is 0 Å². The Labute approximate surface area is 110 Å². The first-order chi connectivity index (χ1) is 8.77. The fourth-order valence-corrected chi connectivity index (χ4v) is 2.40. The fraction of sp³-hybridized carbons (Fsp3) is 0.375. The van der Waals surface area contributed by atoms with Gasteiger partial charge in [0.05, 0.1) is 11.7 Å². The molecule has 2 rings (SSSR count). The smallest absolute Gasteiger partial charge is 0.0559 e. The summed E-state index contributed by atoms with van der Waals surface area (Å²) in [5.74, 6) is 0. The predicted molar refractivity (Wildman–Crippen MR) is 77.1 cm³/mol. The Kier molecular flexibility index (Phi) is 4.08. The van der Waals surface area contributed by atoms with E-state index in [0.717, 1.165) is 13.0 Å². The van der Waals surface area contributed by atoms with Gasteiger partial charge in [-0.05, 0) is 24.0 Å². The van der Waals surface area contributed by atoms with Crippen molar-refractivity contribution in [2.24, 2.45) is 0 Å².